The normalized spacial score (nSPS) is 11.2. The molecule has 0 bridgehead atoms. The Kier molecular flexibility index (Phi) is 3.61. The minimum Gasteiger partial charge on any atom is -0.451 e. The fourth-order valence-electron chi connectivity index (χ4n) is 2.57. The van der Waals surface area contributed by atoms with Crippen LogP contribution in [-0.4, -0.2) is 15.5 Å². The average molecular weight is 448 g/mol. The number of carbonyl (C=O) groups excluding carboxylic acids is 1. The molecule has 5 nitrogen and oxygen atoms in total. The third kappa shape index (κ3) is 2.40. The van der Waals surface area contributed by atoms with Crippen LogP contribution in [-0.2, 0) is 0 Å². The summed E-state index contributed by atoms with van der Waals surface area (Å²) in [5.41, 5.74) is 0.718. The zero-order chi connectivity index (χ0) is 16.8. The van der Waals surface area contributed by atoms with Gasteiger partial charge in [0.15, 0.2) is 10.5 Å². The van der Waals surface area contributed by atoms with Gasteiger partial charge in [0, 0.05) is 8.96 Å². The lowest BCUT2D eigenvalue weighted by Gasteiger charge is -2.05. The lowest BCUT2D eigenvalue weighted by Crippen LogP contribution is -2.28. The van der Waals surface area contributed by atoms with E-state index in [4.69, 9.17) is 16.6 Å². The van der Waals surface area contributed by atoms with Crippen LogP contribution in [0.25, 0.3) is 21.9 Å². The summed E-state index contributed by atoms with van der Waals surface area (Å²) in [6.07, 6.45) is 0. The maximum Gasteiger partial charge on any atom is 0.302 e. The number of furan rings is 1. The Bertz CT molecular complexity index is 1200. The third-order valence-electron chi connectivity index (χ3n) is 3.70. The number of fused-ring (bicyclic) bond motifs is 2. The van der Waals surface area contributed by atoms with Crippen molar-refractivity contribution < 1.29 is 9.21 Å². The molecule has 118 valence electrons. The second kappa shape index (κ2) is 5.67. The van der Waals surface area contributed by atoms with E-state index in [1.54, 1.807) is 24.3 Å². The van der Waals surface area contributed by atoms with Crippen LogP contribution in [0.3, 0.4) is 0 Å². The number of nitrogens with zero attached hydrogens (tertiary/aromatic N) is 1. The lowest BCUT2D eigenvalue weighted by molar-refractivity contribution is 0.0928. The molecule has 24 heavy (non-hydrogen) atoms. The van der Waals surface area contributed by atoms with Crippen LogP contribution in [0.4, 0.5) is 0 Å². The van der Waals surface area contributed by atoms with Crippen LogP contribution < -0.4 is 5.56 Å². The highest BCUT2D eigenvalue weighted by atomic mass is 127. The molecule has 0 saturated heterocycles. The van der Waals surface area contributed by atoms with Crippen LogP contribution in [0.1, 0.15) is 10.6 Å². The van der Waals surface area contributed by atoms with Gasteiger partial charge >= 0.3 is 5.91 Å². The second-order valence-corrected chi connectivity index (χ2v) is 6.85. The van der Waals surface area contributed by atoms with Crippen molar-refractivity contribution in [3.05, 3.63) is 73.0 Å². The number of hydrogen-bond donors (Lipinski definition) is 1. The van der Waals surface area contributed by atoms with E-state index < -0.39 is 11.5 Å². The van der Waals surface area contributed by atoms with Gasteiger partial charge < -0.3 is 9.40 Å². The second-order valence-electron chi connectivity index (χ2n) is 5.21. The number of hydrogen-bond acceptors (Lipinski definition) is 4. The summed E-state index contributed by atoms with van der Waals surface area (Å²) in [6.45, 7) is 0. The number of H-pyrrole nitrogens is 1. The molecule has 1 N–H and O–H groups in total. The summed E-state index contributed by atoms with van der Waals surface area (Å²) >= 11 is 7.31. The van der Waals surface area contributed by atoms with Crippen molar-refractivity contribution in [3.63, 3.8) is 0 Å². The number of nitrogens with one attached hydrogen (secondary N) is 1. The van der Waals surface area contributed by atoms with E-state index in [-0.39, 0.29) is 10.5 Å². The van der Waals surface area contributed by atoms with Gasteiger partial charge in [-0.1, -0.05) is 18.2 Å². The van der Waals surface area contributed by atoms with Gasteiger partial charge in [0.25, 0.3) is 5.56 Å². The van der Waals surface area contributed by atoms with Gasteiger partial charge in [-0.05, 0) is 65.1 Å². The molecule has 0 aliphatic rings. The maximum absolute atomic E-state index is 12.8. The topological polar surface area (TPSA) is 68.0 Å². The van der Waals surface area contributed by atoms with Crippen LogP contribution >= 0.6 is 34.8 Å². The molecular weight excluding hydrogens is 439 g/mol. The number of benzene rings is 2. The molecule has 0 aliphatic carbocycles. The zero-order valence-electron chi connectivity index (χ0n) is 12.1. The molecule has 0 radical (unpaired) electrons. The average Bonchev–Trinajstić information content (AvgIpc) is 3.00. The first-order valence-electron chi connectivity index (χ1n) is 7.02. The van der Waals surface area contributed by atoms with Crippen molar-refractivity contribution in [2.24, 2.45) is 0 Å². The van der Waals surface area contributed by atoms with Crippen LogP contribution in [0.5, 0.6) is 0 Å². The number of aromatic amines is 1. The van der Waals surface area contributed by atoms with Crippen LogP contribution in [0.2, 0.25) is 0 Å². The standard InChI is InChI=1S/C17H9IN2O3S/c18-10-5-6-12-11(8-10)15(21)20(17(24)19-12)16(22)14-7-9-3-1-2-4-13(9)23-14/h1-8H,(H,19,24). The Hall–Kier alpha value is -2.26. The molecule has 0 spiro atoms. The molecule has 0 atom stereocenters. The fourth-order valence-corrected chi connectivity index (χ4v) is 3.34. The smallest absolute Gasteiger partial charge is 0.302 e. The van der Waals surface area contributed by atoms with Crippen molar-refractivity contribution in [1.29, 1.82) is 0 Å². The predicted octanol–water partition coefficient (Wildman–Crippen LogP) is 4.10. The molecule has 4 aromatic rings. The first kappa shape index (κ1) is 15.3. The largest absolute Gasteiger partial charge is 0.451 e. The molecule has 0 fully saturated rings. The Labute approximate surface area is 154 Å². The van der Waals surface area contributed by atoms with Gasteiger partial charge in [-0.3, -0.25) is 9.59 Å². The predicted molar refractivity (Wildman–Crippen MR) is 102 cm³/mol. The first-order valence-corrected chi connectivity index (χ1v) is 8.51. The maximum atomic E-state index is 12.8. The number of aromatic nitrogens is 2. The van der Waals surface area contributed by atoms with Gasteiger partial charge in [-0.15, -0.1) is 0 Å². The Morgan fingerprint density at radius 2 is 1.96 bits per heavy atom. The molecule has 0 amide bonds. The quantitative estimate of drug-likeness (QED) is 0.352. The Balaban J connectivity index is 1.96. The summed E-state index contributed by atoms with van der Waals surface area (Å²) in [7, 11) is 0. The number of halogens is 1. The molecular formula is C17H9IN2O3S. The monoisotopic (exact) mass is 448 g/mol. The van der Waals surface area contributed by atoms with E-state index in [1.165, 1.54) is 0 Å². The van der Waals surface area contributed by atoms with E-state index in [0.29, 0.717) is 16.5 Å². The Morgan fingerprint density at radius 1 is 1.17 bits per heavy atom. The summed E-state index contributed by atoms with van der Waals surface area (Å²) in [5.74, 6) is -0.513. The molecule has 2 heterocycles. The van der Waals surface area contributed by atoms with Crippen LogP contribution in [0.15, 0.2) is 57.7 Å². The minimum atomic E-state index is -0.585. The SMILES string of the molecule is O=C(c1cc2ccccc2o1)n1c(=S)[nH]c2ccc(I)cc2c1=O. The molecule has 0 aliphatic heterocycles. The van der Waals surface area contributed by atoms with Crippen molar-refractivity contribution in [2.75, 3.05) is 0 Å². The minimum absolute atomic E-state index is 0.0409. The zero-order valence-corrected chi connectivity index (χ0v) is 15.1. The van der Waals surface area contributed by atoms with Crippen molar-refractivity contribution in [2.45, 2.75) is 0 Å². The van der Waals surface area contributed by atoms with E-state index in [1.807, 2.05) is 24.3 Å². The summed E-state index contributed by atoms with van der Waals surface area (Å²) < 4.78 is 7.43. The molecule has 4 rings (SSSR count). The van der Waals surface area contributed by atoms with E-state index >= 15 is 0 Å². The summed E-state index contributed by atoms with van der Waals surface area (Å²) in [4.78, 5) is 28.4. The molecule has 0 saturated carbocycles. The van der Waals surface area contributed by atoms with Gasteiger partial charge in [0.2, 0.25) is 0 Å². The summed E-state index contributed by atoms with van der Waals surface area (Å²) in [5, 5.41) is 1.19. The highest BCUT2D eigenvalue weighted by Crippen LogP contribution is 2.20. The molecule has 2 aromatic heterocycles. The van der Waals surface area contributed by atoms with E-state index in [2.05, 4.69) is 27.6 Å². The highest BCUT2D eigenvalue weighted by Gasteiger charge is 2.18. The van der Waals surface area contributed by atoms with Crippen molar-refractivity contribution >= 4 is 62.6 Å². The first-order chi connectivity index (χ1) is 11.5. The molecule has 7 heteroatoms. The highest BCUT2D eigenvalue weighted by molar-refractivity contribution is 14.1. The summed E-state index contributed by atoms with van der Waals surface area (Å²) in [6, 6.07) is 14.2. The molecule has 0 unspecified atom stereocenters. The number of carbonyl (C=O) groups is 1. The van der Waals surface area contributed by atoms with Gasteiger partial charge in [-0.2, -0.15) is 0 Å². The number of rotatable bonds is 1. The fraction of sp³-hybridized carbons (Fsp3) is 0. The van der Waals surface area contributed by atoms with E-state index in [0.717, 1.165) is 13.5 Å². The van der Waals surface area contributed by atoms with Crippen molar-refractivity contribution in [1.82, 2.24) is 9.55 Å². The van der Waals surface area contributed by atoms with Gasteiger partial charge in [-0.25, -0.2) is 4.57 Å². The third-order valence-corrected chi connectivity index (χ3v) is 4.65. The molecule has 2 aromatic carbocycles. The van der Waals surface area contributed by atoms with Gasteiger partial charge in [0.05, 0.1) is 10.9 Å². The van der Waals surface area contributed by atoms with E-state index in [9.17, 15) is 9.59 Å². The van der Waals surface area contributed by atoms with Crippen molar-refractivity contribution in [3.8, 4) is 0 Å². The Morgan fingerprint density at radius 3 is 2.75 bits per heavy atom. The number of para-hydroxylation sites is 1. The van der Waals surface area contributed by atoms with Crippen LogP contribution in [0, 0.1) is 8.34 Å². The lowest BCUT2D eigenvalue weighted by atomic mass is 10.2. The van der Waals surface area contributed by atoms with Gasteiger partial charge in [0.1, 0.15) is 5.58 Å².